The maximum absolute atomic E-state index is 12.2. The van der Waals surface area contributed by atoms with Gasteiger partial charge in [-0.15, -0.1) is 0 Å². The zero-order valence-corrected chi connectivity index (χ0v) is 18.3. The molecule has 0 aliphatic heterocycles. The van der Waals surface area contributed by atoms with E-state index in [9.17, 15) is 4.79 Å². The van der Waals surface area contributed by atoms with E-state index >= 15 is 0 Å². The summed E-state index contributed by atoms with van der Waals surface area (Å²) in [4.78, 5) is 12.2. The molecule has 1 amide bonds. The fraction of sp³-hybridized carbons (Fsp3) is 0.269. The number of rotatable bonds is 13. The average Bonchev–Trinajstić information content (AvgIpc) is 2.83. The molecule has 0 spiro atoms. The lowest BCUT2D eigenvalue weighted by molar-refractivity contribution is -0.123. The van der Waals surface area contributed by atoms with E-state index in [4.69, 9.17) is 18.9 Å². The highest BCUT2D eigenvalue weighted by Crippen LogP contribution is 2.23. The van der Waals surface area contributed by atoms with Gasteiger partial charge in [0.2, 0.25) is 0 Å². The Morgan fingerprint density at radius 3 is 2.25 bits per heavy atom. The summed E-state index contributed by atoms with van der Waals surface area (Å²) in [6.45, 7) is 4.69. The van der Waals surface area contributed by atoms with Gasteiger partial charge in [-0.2, -0.15) is 0 Å². The minimum atomic E-state index is -0.187. The fourth-order valence-corrected chi connectivity index (χ4v) is 2.91. The van der Waals surface area contributed by atoms with E-state index in [-0.39, 0.29) is 12.5 Å². The lowest BCUT2D eigenvalue weighted by Gasteiger charge is -2.10. The molecule has 0 atom stereocenters. The third-order valence-corrected chi connectivity index (χ3v) is 4.50. The number of benzene rings is 3. The molecule has 3 rings (SSSR count). The Balaban J connectivity index is 1.37. The van der Waals surface area contributed by atoms with Crippen molar-refractivity contribution < 1.29 is 23.7 Å². The lowest BCUT2D eigenvalue weighted by atomic mass is 10.1. The summed E-state index contributed by atoms with van der Waals surface area (Å²) in [5.41, 5.74) is 2.06. The zero-order chi connectivity index (χ0) is 22.4. The smallest absolute Gasteiger partial charge is 0.258 e. The number of hydrogen-bond donors (Lipinski definition) is 1. The molecule has 32 heavy (non-hydrogen) atoms. The minimum Gasteiger partial charge on any atom is -0.484 e. The number of carbonyl (C=O) groups is 1. The number of ether oxygens (including phenoxy) is 4. The van der Waals surface area contributed by atoms with Crippen LogP contribution in [0.2, 0.25) is 0 Å². The second-order valence-electron chi connectivity index (χ2n) is 7.02. The van der Waals surface area contributed by atoms with Gasteiger partial charge in [0.25, 0.3) is 5.91 Å². The van der Waals surface area contributed by atoms with E-state index in [1.807, 2.05) is 73.7 Å². The summed E-state index contributed by atoms with van der Waals surface area (Å²) in [5, 5.41) is 2.88. The summed E-state index contributed by atoms with van der Waals surface area (Å²) in [5.74, 6) is 1.89. The van der Waals surface area contributed by atoms with Crippen molar-refractivity contribution in [2.24, 2.45) is 0 Å². The fourth-order valence-electron chi connectivity index (χ4n) is 2.91. The highest BCUT2D eigenvalue weighted by atomic mass is 16.5. The van der Waals surface area contributed by atoms with Gasteiger partial charge in [-0.1, -0.05) is 42.5 Å². The van der Waals surface area contributed by atoms with E-state index < -0.39 is 0 Å². The summed E-state index contributed by atoms with van der Waals surface area (Å²) in [6, 6.07) is 24.7. The number of carbonyl (C=O) groups excluding carboxylic acids is 1. The standard InChI is InChI=1S/C26H29NO5/c1-2-29-15-16-30-19-22-8-6-7-21(17-22)18-27-26(28)20-31-23-11-13-25(14-12-23)32-24-9-4-3-5-10-24/h3-14,17H,2,15-16,18-20H2,1H3,(H,27,28). The Bertz CT molecular complexity index is 944. The molecule has 0 radical (unpaired) electrons. The summed E-state index contributed by atoms with van der Waals surface area (Å²) < 4.78 is 22.2. The molecule has 0 bridgehead atoms. The monoisotopic (exact) mass is 435 g/mol. The van der Waals surface area contributed by atoms with Crippen LogP contribution < -0.4 is 14.8 Å². The molecule has 3 aromatic carbocycles. The highest BCUT2D eigenvalue weighted by molar-refractivity contribution is 5.77. The normalized spacial score (nSPS) is 10.5. The van der Waals surface area contributed by atoms with Gasteiger partial charge in [-0.25, -0.2) is 0 Å². The molecule has 0 unspecified atom stereocenters. The summed E-state index contributed by atoms with van der Waals surface area (Å²) in [6.07, 6.45) is 0. The number of nitrogens with one attached hydrogen (secondary N) is 1. The van der Waals surface area contributed by atoms with E-state index in [2.05, 4.69) is 5.32 Å². The first-order chi connectivity index (χ1) is 15.7. The Labute approximate surface area is 189 Å². The third kappa shape index (κ3) is 8.41. The molecule has 0 saturated carbocycles. The van der Waals surface area contributed by atoms with Gasteiger partial charge in [-0.05, 0) is 54.4 Å². The summed E-state index contributed by atoms with van der Waals surface area (Å²) >= 11 is 0. The Kier molecular flexibility index (Phi) is 9.58. The van der Waals surface area contributed by atoms with Crippen molar-refractivity contribution in [1.82, 2.24) is 5.32 Å². The van der Waals surface area contributed by atoms with E-state index in [1.165, 1.54) is 0 Å². The molecule has 0 aromatic heterocycles. The van der Waals surface area contributed by atoms with Gasteiger partial charge in [0, 0.05) is 13.2 Å². The lowest BCUT2D eigenvalue weighted by Crippen LogP contribution is -2.28. The number of amides is 1. The zero-order valence-electron chi connectivity index (χ0n) is 18.3. The van der Waals surface area contributed by atoms with Crippen LogP contribution in [0, 0.1) is 0 Å². The van der Waals surface area contributed by atoms with E-state index in [0.29, 0.717) is 44.5 Å². The predicted molar refractivity (Wildman–Crippen MR) is 123 cm³/mol. The number of hydrogen-bond acceptors (Lipinski definition) is 5. The first-order valence-corrected chi connectivity index (χ1v) is 10.7. The van der Waals surface area contributed by atoms with Crippen molar-refractivity contribution in [3.05, 3.63) is 90.0 Å². The van der Waals surface area contributed by atoms with Crippen molar-refractivity contribution in [1.29, 1.82) is 0 Å². The molecule has 3 aromatic rings. The SMILES string of the molecule is CCOCCOCc1cccc(CNC(=O)COc2ccc(Oc3ccccc3)cc2)c1. The quantitative estimate of drug-likeness (QED) is 0.393. The molecule has 1 N–H and O–H groups in total. The minimum absolute atomic E-state index is 0.0564. The molecule has 6 nitrogen and oxygen atoms in total. The molecule has 0 saturated heterocycles. The molecule has 0 aliphatic rings. The van der Waals surface area contributed by atoms with Gasteiger partial charge in [-0.3, -0.25) is 4.79 Å². The Morgan fingerprint density at radius 1 is 0.781 bits per heavy atom. The highest BCUT2D eigenvalue weighted by Gasteiger charge is 2.05. The topological polar surface area (TPSA) is 66.0 Å². The third-order valence-electron chi connectivity index (χ3n) is 4.50. The second kappa shape index (κ2) is 13.1. The average molecular weight is 436 g/mol. The van der Waals surface area contributed by atoms with Crippen molar-refractivity contribution in [3.8, 4) is 17.2 Å². The molecule has 0 fully saturated rings. The first kappa shape index (κ1) is 23.3. The van der Waals surface area contributed by atoms with Crippen LogP contribution in [0.15, 0.2) is 78.9 Å². The van der Waals surface area contributed by atoms with Gasteiger partial charge < -0.3 is 24.3 Å². The van der Waals surface area contributed by atoms with Crippen LogP contribution in [0.3, 0.4) is 0 Å². The first-order valence-electron chi connectivity index (χ1n) is 10.7. The molecular weight excluding hydrogens is 406 g/mol. The molecular formula is C26H29NO5. The Hall–Kier alpha value is -3.35. The van der Waals surface area contributed by atoms with Crippen LogP contribution in [0.5, 0.6) is 17.2 Å². The van der Waals surface area contributed by atoms with Crippen LogP contribution in [-0.4, -0.2) is 32.3 Å². The van der Waals surface area contributed by atoms with Crippen molar-refractivity contribution in [2.45, 2.75) is 20.1 Å². The Morgan fingerprint density at radius 2 is 1.47 bits per heavy atom. The van der Waals surface area contributed by atoms with Crippen LogP contribution in [0.25, 0.3) is 0 Å². The second-order valence-corrected chi connectivity index (χ2v) is 7.02. The van der Waals surface area contributed by atoms with Crippen molar-refractivity contribution in [3.63, 3.8) is 0 Å². The maximum Gasteiger partial charge on any atom is 0.258 e. The van der Waals surface area contributed by atoms with E-state index in [0.717, 1.165) is 16.9 Å². The van der Waals surface area contributed by atoms with Crippen LogP contribution in [0.4, 0.5) is 0 Å². The molecule has 168 valence electrons. The molecule has 6 heteroatoms. The van der Waals surface area contributed by atoms with Crippen LogP contribution >= 0.6 is 0 Å². The predicted octanol–water partition coefficient (Wildman–Crippen LogP) is 4.73. The number of para-hydroxylation sites is 1. The maximum atomic E-state index is 12.2. The van der Waals surface area contributed by atoms with Crippen molar-refractivity contribution >= 4 is 5.91 Å². The molecule has 0 aliphatic carbocycles. The van der Waals surface area contributed by atoms with E-state index in [1.54, 1.807) is 12.1 Å². The summed E-state index contributed by atoms with van der Waals surface area (Å²) in [7, 11) is 0. The van der Waals surface area contributed by atoms with Crippen LogP contribution in [-0.2, 0) is 27.4 Å². The van der Waals surface area contributed by atoms with Gasteiger partial charge in [0.1, 0.15) is 17.2 Å². The largest absolute Gasteiger partial charge is 0.484 e. The van der Waals surface area contributed by atoms with Gasteiger partial charge >= 0.3 is 0 Å². The van der Waals surface area contributed by atoms with Gasteiger partial charge in [0.05, 0.1) is 19.8 Å². The van der Waals surface area contributed by atoms with Crippen LogP contribution in [0.1, 0.15) is 18.1 Å². The van der Waals surface area contributed by atoms with Crippen molar-refractivity contribution in [2.75, 3.05) is 26.4 Å². The van der Waals surface area contributed by atoms with Gasteiger partial charge in [0.15, 0.2) is 6.61 Å². The molecule has 0 heterocycles.